The number of carbonyl (C=O) groups is 2. The minimum Gasteiger partial charge on any atom is -0.462 e. The number of hydrogen-bond donors (Lipinski definition) is 1. The summed E-state index contributed by atoms with van der Waals surface area (Å²) in [5.74, 6) is -0.896. The zero-order valence-corrected chi connectivity index (χ0v) is 12.4. The maximum atomic E-state index is 11.9. The van der Waals surface area contributed by atoms with Gasteiger partial charge in [0.2, 0.25) is 15.9 Å². The zero-order valence-electron chi connectivity index (χ0n) is 10.7. The molecule has 1 aliphatic rings. The minimum atomic E-state index is -3.78. The highest BCUT2D eigenvalue weighted by molar-refractivity contribution is 7.89. The number of hydrogen-bond acceptors (Lipinski definition) is 6. The summed E-state index contributed by atoms with van der Waals surface area (Å²) < 4.78 is 27.6. The van der Waals surface area contributed by atoms with Gasteiger partial charge in [-0.15, -0.1) is 11.3 Å². The number of nitrogens with two attached hydrogens (primary N) is 1. The van der Waals surface area contributed by atoms with E-state index >= 15 is 0 Å². The van der Waals surface area contributed by atoms with E-state index in [9.17, 15) is 18.0 Å². The van der Waals surface area contributed by atoms with E-state index in [1.54, 1.807) is 18.4 Å². The van der Waals surface area contributed by atoms with E-state index in [-0.39, 0.29) is 31.0 Å². The normalized spacial score (nSPS) is 19.4. The van der Waals surface area contributed by atoms with Crippen LogP contribution < -0.4 is 10.0 Å². The first kappa shape index (κ1) is 14.9. The fourth-order valence-corrected chi connectivity index (χ4v) is 3.61. The number of esters is 1. The average molecular weight is 318 g/mol. The maximum absolute atomic E-state index is 11.9. The Labute approximate surface area is 120 Å². The predicted molar refractivity (Wildman–Crippen MR) is 74.1 cm³/mol. The molecule has 1 fully saturated rings. The molecule has 0 radical (unpaired) electrons. The number of thiophene rings is 1. The van der Waals surface area contributed by atoms with Crippen LogP contribution >= 0.6 is 11.3 Å². The van der Waals surface area contributed by atoms with Gasteiger partial charge >= 0.3 is 5.97 Å². The van der Waals surface area contributed by atoms with E-state index < -0.39 is 21.2 Å². The van der Waals surface area contributed by atoms with Crippen molar-refractivity contribution in [1.82, 2.24) is 0 Å². The number of ether oxygens (including phenoxy) is 1. The molecule has 1 amide bonds. The Morgan fingerprint density at radius 2 is 2.30 bits per heavy atom. The summed E-state index contributed by atoms with van der Waals surface area (Å²) in [6, 6.07) is 1.55. The number of sulfonamides is 1. The van der Waals surface area contributed by atoms with Crippen molar-refractivity contribution in [2.24, 2.45) is 5.14 Å². The van der Waals surface area contributed by atoms with Gasteiger partial charge in [-0.25, -0.2) is 18.4 Å². The molecule has 2 heterocycles. The van der Waals surface area contributed by atoms with Gasteiger partial charge in [-0.1, -0.05) is 0 Å². The first-order valence-corrected chi connectivity index (χ1v) is 8.40. The van der Waals surface area contributed by atoms with Gasteiger partial charge in [0, 0.05) is 13.0 Å². The van der Waals surface area contributed by atoms with E-state index in [1.165, 1.54) is 16.2 Å². The van der Waals surface area contributed by atoms with Gasteiger partial charge in [-0.3, -0.25) is 4.79 Å². The van der Waals surface area contributed by atoms with E-state index in [1.807, 2.05) is 0 Å². The summed E-state index contributed by atoms with van der Waals surface area (Å²) in [4.78, 5) is 25.0. The standard InChI is InChI=1S/C11H14N2O5S2/c1-2-18-11(15)8-3-4-19-10(8)13-6-7(5-9(13)14)20(12,16)17/h3-4,7H,2,5-6H2,1H3,(H2,12,16,17). The van der Waals surface area contributed by atoms with Crippen molar-refractivity contribution in [2.45, 2.75) is 18.6 Å². The molecule has 0 bridgehead atoms. The number of anilines is 1. The highest BCUT2D eigenvalue weighted by Crippen LogP contribution is 2.32. The van der Waals surface area contributed by atoms with Gasteiger partial charge in [-0.05, 0) is 18.4 Å². The third kappa shape index (κ3) is 2.84. The number of carbonyl (C=O) groups excluding carboxylic acids is 2. The summed E-state index contributed by atoms with van der Waals surface area (Å²) in [7, 11) is -3.78. The molecule has 1 saturated heterocycles. The van der Waals surface area contributed by atoms with Crippen molar-refractivity contribution < 1.29 is 22.7 Å². The highest BCUT2D eigenvalue weighted by Gasteiger charge is 2.39. The molecule has 2 rings (SSSR count). The van der Waals surface area contributed by atoms with Crippen molar-refractivity contribution in [1.29, 1.82) is 0 Å². The van der Waals surface area contributed by atoms with Crippen LogP contribution in [0.3, 0.4) is 0 Å². The summed E-state index contributed by atoms with van der Waals surface area (Å²) >= 11 is 1.19. The Morgan fingerprint density at radius 3 is 2.85 bits per heavy atom. The minimum absolute atomic E-state index is 0.0371. The maximum Gasteiger partial charge on any atom is 0.341 e. The molecule has 1 atom stereocenters. The van der Waals surface area contributed by atoms with Crippen molar-refractivity contribution >= 4 is 38.2 Å². The Balaban J connectivity index is 2.28. The molecule has 0 aromatic carbocycles. The van der Waals surface area contributed by atoms with Gasteiger partial charge in [-0.2, -0.15) is 0 Å². The lowest BCUT2D eigenvalue weighted by molar-refractivity contribution is -0.117. The molecule has 0 aliphatic carbocycles. The molecule has 110 valence electrons. The van der Waals surface area contributed by atoms with Crippen LogP contribution in [0.2, 0.25) is 0 Å². The van der Waals surface area contributed by atoms with Crippen LogP contribution in [0.4, 0.5) is 5.00 Å². The molecule has 9 heteroatoms. The average Bonchev–Trinajstić information content (AvgIpc) is 2.94. The molecule has 2 N–H and O–H groups in total. The lowest BCUT2D eigenvalue weighted by atomic mass is 10.3. The first-order valence-electron chi connectivity index (χ1n) is 5.91. The molecule has 7 nitrogen and oxygen atoms in total. The Kier molecular flexibility index (Phi) is 4.11. The number of rotatable bonds is 4. The van der Waals surface area contributed by atoms with Gasteiger partial charge in [0.25, 0.3) is 0 Å². The molecule has 0 spiro atoms. The zero-order chi connectivity index (χ0) is 14.9. The van der Waals surface area contributed by atoms with E-state index in [2.05, 4.69) is 0 Å². The van der Waals surface area contributed by atoms with E-state index in [4.69, 9.17) is 9.88 Å². The van der Waals surface area contributed by atoms with Crippen LogP contribution in [0.25, 0.3) is 0 Å². The second kappa shape index (κ2) is 5.51. The van der Waals surface area contributed by atoms with Crippen molar-refractivity contribution in [3.63, 3.8) is 0 Å². The number of amides is 1. The lowest BCUT2D eigenvalue weighted by Gasteiger charge is -2.15. The van der Waals surface area contributed by atoms with Crippen molar-refractivity contribution in [2.75, 3.05) is 18.1 Å². The Hall–Kier alpha value is -1.45. The fourth-order valence-electron chi connectivity index (χ4n) is 1.97. The van der Waals surface area contributed by atoms with Gasteiger partial charge in [0.1, 0.15) is 10.3 Å². The Morgan fingerprint density at radius 1 is 1.60 bits per heavy atom. The molecule has 0 saturated carbocycles. The molecule has 1 unspecified atom stereocenters. The van der Waals surface area contributed by atoms with Gasteiger partial charge in [0.15, 0.2) is 0 Å². The molecule has 1 aliphatic heterocycles. The van der Waals surface area contributed by atoms with Gasteiger partial charge < -0.3 is 9.64 Å². The molecule has 20 heavy (non-hydrogen) atoms. The first-order chi connectivity index (χ1) is 9.34. The van der Waals surface area contributed by atoms with Gasteiger partial charge in [0.05, 0.1) is 12.2 Å². The third-order valence-electron chi connectivity index (χ3n) is 2.94. The second-order valence-corrected chi connectivity index (χ2v) is 7.02. The SMILES string of the molecule is CCOC(=O)c1ccsc1N1CC(S(N)(=O)=O)CC1=O. The monoisotopic (exact) mass is 318 g/mol. The van der Waals surface area contributed by atoms with Crippen LogP contribution in [0.15, 0.2) is 11.4 Å². The highest BCUT2D eigenvalue weighted by atomic mass is 32.2. The predicted octanol–water partition coefficient (Wildman–Crippen LogP) is 0.319. The summed E-state index contributed by atoms with van der Waals surface area (Å²) in [6.07, 6.45) is -0.168. The van der Waals surface area contributed by atoms with Crippen molar-refractivity contribution in [3.8, 4) is 0 Å². The molecular formula is C11H14N2O5S2. The van der Waals surface area contributed by atoms with E-state index in [0.717, 1.165) is 0 Å². The summed E-state index contributed by atoms with van der Waals surface area (Å²) in [6.45, 7) is 1.87. The van der Waals surface area contributed by atoms with Crippen LogP contribution in [0.5, 0.6) is 0 Å². The fraction of sp³-hybridized carbons (Fsp3) is 0.455. The second-order valence-electron chi connectivity index (χ2n) is 4.28. The smallest absolute Gasteiger partial charge is 0.341 e. The Bertz CT molecular complexity index is 637. The molecule has 1 aromatic rings. The number of nitrogens with zero attached hydrogens (tertiary/aromatic N) is 1. The number of primary sulfonamides is 1. The van der Waals surface area contributed by atoms with Crippen LogP contribution in [-0.2, 0) is 19.6 Å². The molecule has 1 aromatic heterocycles. The van der Waals surface area contributed by atoms with Crippen molar-refractivity contribution in [3.05, 3.63) is 17.0 Å². The molecular weight excluding hydrogens is 304 g/mol. The van der Waals surface area contributed by atoms with Crippen LogP contribution in [0.1, 0.15) is 23.7 Å². The van der Waals surface area contributed by atoms with Crippen LogP contribution in [0, 0.1) is 0 Å². The van der Waals surface area contributed by atoms with Crippen LogP contribution in [-0.4, -0.2) is 38.7 Å². The largest absolute Gasteiger partial charge is 0.462 e. The summed E-state index contributed by atoms with van der Waals surface area (Å²) in [5.41, 5.74) is 0.264. The summed E-state index contributed by atoms with van der Waals surface area (Å²) in [5, 5.41) is 6.19. The lowest BCUT2D eigenvalue weighted by Crippen LogP contribution is -2.32. The third-order valence-corrected chi connectivity index (χ3v) is 5.12. The topological polar surface area (TPSA) is 107 Å². The van der Waals surface area contributed by atoms with E-state index in [0.29, 0.717) is 5.00 Å². The quantitative estimate of drug-likeness (QED) is 0.805.